The molecule has 0 saturated heterocycles. The van der Waals surface area contributed by atoms with Crippen LogP contribution in [-0.2, 0) is 16.6 Å². The van der Waals surface area contributed by atoms with E-state index in [1.165, 1.54) is 24.4 Å². The Morgan fingerprint density at radius 1 is 1.29 bits per heavy atom. The van der Waals surface area contributed by atoms with Crippen molar-refractivity contribution in [3.63, 3.8) is 0 Å². The van der Waals surface area contributed by atoms with Gasteiger partial charge >= 0.3 is 0 Å². The molecule has 6 nitrogen and oxygen atoms in total. The number of H-pyrrole nitrogens is 1. The van der Waals surface area contributed by atoms with Crippen molar-refractivity contribution in [2.24, 2.45) is 0 Å². The van der Waals surface area contributed by atoms with Crippen molar-refractivity contribution in [1.82, 2.24) is 15.5 Å². The zero-order valence-corrected chi connectivity index (χ0v) is 13.5. The lowest BCUT2D eigenvalue weighted by atomic mass is 10.3. The van der Waals surface area contributed by atoms with Crippen molar-refractivity contribution in [3.05, 3.63) is 40.0 Å². The van der Waals surface area contributed by atoms with Gasteiger partial charge in [-0.15, -0.1) is 0 Å². The molecule has 0 spiro atoms. The number of halogens is 2. The van der Waals surface area contributed by atoms with Gasteiger partial charge in [0.25, 0.3) is 10.0 Å². The van der Waals surface area contributed by atoms with Crippen LogP contribution in [0.5, 0.6) is 0 Å². The number of rotatable bonds is 6. The molecule has 0 bridgehead atoms. The molecular formula is C12H14Cl2N4O2S. The summed E-state index contributed by atoms with van der Waals surface area (Å²) in [6.45, 7) is 3.07. The normalized spacial score (nSPS) is 11.6. The summed E-state index contributed by atoms with van der Waals surface area (Å²) >= 11 is 11.7. The fourth-order valence-electron chi connectivity index (χ4n) is 1.68. The van der Waals surface area contributed by atoms with Gasteiger partial charge in [0, 0.05) is 12.1 Å². The minimum Gasteiger partial charge on any atom is -0.313 e. The van der Waals surface area contributed by atoms with Crippen molar-refractivity contribution < 1.29 is 8.42 Å². The van der Waals surface area contributed by atoms with E-state index >= 15 is 0 Å². The summed E-state index contributed by atoms with van der Waals surface area (Å²) in [5.41, 5.74) is 0.887. The lowest BCUT2D eigenvalue weighted by Gasteiger charge is -2.09. The topological polar surface area (TPSA) is 86.9 Å². The Bertz CT molecular complexity index is 731. The van der Waals surface area contributed by atoms with E-state index in [0.29, 0.717) is 22.8 Å². The summed E-state index contributed by atoms with van der Waals surface area (Å²) in [6, 6.07) is 4.50. The van der Waals surface area contributed by atoms with E-state index < -0.39 is 10.0 Å². The van der Waals surface area contributed by atoms with Crippen LogP contribution in [0.2, 0.25) is 10.0 Å². The van der Waals surface area contributed by atoms with Crippen LogP contribution >= 0.6 is 23.2 Å². The number of aromatic nitrogens is 2. The summed E-state index contributed by atoms with van der Waals surface area (Å²) < 4.78 is 27.1. The Balaban J connectivity index is 2.26. The van der Waals surface area contributed by atoms with E-state index in [2.05, 4.69) is 20.2 Å². The van der Waals surface area contributed by atoms with Crippen LogP contribution in [-0.4, -0.2) is 25.2 Å². The molecule has 21 heavy (non-hydrogen) atoms. The third-order valence-electron chi connectivity index (χ3n) is 2.68. The highest BCUT2D eigenvalue weighted by Crippen LogP contribution is 2.26. The predicted octanol–water partition coefficient (Wildman–Crippen LogP) is 2.63. The Hall–Kier alpha value is -1.28. The fraction of sp³-hybridized carbons (Fsp3) is 0.250. The average molecular weight is 349 g/mol. The zero-order valence-electron chi connectivity index (χ0n) is 11.2. The molecule has 114 valence electrons. The van der Waals surface area contributed by atoms with Crippen molar-refractivity contribution in [2.75, 3.05) is 11.3 Å². The van der Waals surface area contributed by atoms with Gasteiger partial charge in [-0.2, -0.15) is 13.5 Å². The molecule has 9 heteroatoms. The Morgan fingerprint density at radius 2 is 2.05 bits per heavy atom. The molecule has 0 aliphatic rings. The summed E-state index contributed by atoms with van der Waals surface area (Å²) in [6.07, 6.45) is 1.48. The number of nitrogens with zero attached hydrogens (tertiary/aromatic N) is 1. The van der Waals surface area contributed by atoms with Crippen LogP contribution in [0.15, 0.2) is 29.4 Å². The maximum atomic E-state index is 12.4. The first-order chi connectivity index (χ1) is 9.94. The molecule has 2 rings (SSSR count). The molecule has 0 fully saturated rings. The van der Waals surface area contributed by atoms with Crippen LogP contribution < -0.4 is 10.0 Å². The summed E-state index contributed by atoms with van der Waals surface area (Å²) in [4.78, 5) is 0. The maximum Gasteiger partial charge on any atom is 0.279 e. The predicted molar refractivity (Wildman–Crippen MR) is 83.2 cm³/mol. The van der Waals surface area contributed by atoms with Gasteiger partial charge in [-0.3, -0.25) is 9.82 Å². The molecule has 0 aliphatic heterocycles. The zero-order chi connectivity index (χ0) is 15.5. The van der Waals surface area contributed by atoms with E-state index in [1.54, 1.807) is 0 Å². The second-order valence-corrected chi connectivity index (χ2v) is 6.67. The molecule has 3 N–H and O–H groups in total. The Kier molecular flexibility index (Phi) is 5.10. The second-order valence-electron chi connectivity index (χ2n) is 4.24. The quantitative estimate of drug-likeness (QED) is 0.748. The molecule has 1 heterocycles. The highest BCUT2D eigenvalue weighted by molar-refractivity contribution is 7.92. The van der Waals surface area contributed by atoms with Gasteiger partial charge in [0.15, 0.2) is 5.03 Å². The Morgan fingerprint density at radius 3 is 2.71 bits per heavy atom. The molecule has 2 aromatic rings. The molecular weight excluding hydrogens is 335 g/mol. The molecule has 0 aliphatic carbocycles. The van der Waals surface area contributed by atoms with Gasteiger partial charge in [-0.25, -0.2) is 0 Å². The van der Waals surface area contributed by atoms with Gasteiger partial charge in [0.2, 0.25) is 0 Å². The first-order valence-corrected chi connectivity index (χ1v) is 8.38. The van der Waals surface area contributed by atoms with E-state index in [9.17, 15) is 8.42 Å². The first kappa shape index (κ1) is 16.1. The largest absolute Gasteiger partial charge is 0.313 e. The van der Waals surface area contributed by atoms with Crippen LogP contribution in [0.1, 0.15) is 12.5 Å². The van der Waals surface area contributed by atoms with E-state index in [1.807, 2.05) is 6.92 Å². The minimum atomic E-state index is -3.77. The standard InChI is InChI=1S/C12H14Cl2N4O2S/c1-2-15-6-8-7-16-17-12(8)21(19,20)18-9-3-4-10(13)11(14)5-9/h3-5,7,15,18H,2,6H2,1H3,(H,16,17). The second kappa shape index (κ2) is 6.65. The molecule has 0 unspecified atom stereocenters. The molecule has 0 saturated carbocycles. The smallest absolute Gasteiger partial charge is 0.279 e. The highest BCUT2D eigenvalue weighted by Gasteiger charge is 2.21. The monoisotopic (exact) mass is 348 g/mol. The van der Waals surface area contributed by atoms with E-state index in [0.717, 1.165) is 6.54 Å². The number of nitrogens with one attached hydrogen (secondary N) is 3. The van der Waals surface area contributed by atoms with Crippen molar-refractivity contribution in [1.29, 1.82) is 0 Å². The van der Waals surface area contributed by atoms with Crippen LogP contribution in [0, 0.1) is 0 Å². The maximum absolute atomic E-state index is 12.4. The molecule has 0 radical (unpaired) electrons. The number of hydrogen-bond acceptors (Lipinski definition) is 4. The van der Waals surface area contributed by atoms with E-state index in [-0.39, 0.29) is 10.0 Å². The van der Waals surface area contributed by atoms with Crippen LogP contribution in [0.25, 0.3) is 0 Å². The van der Waals surface area contributed by atoms with Crippen molar-refractivity contribution in [3.8, 4) is 0 Å². The highest BCUT2D eigenvalue weighted by atomic mass is 35.5. The Labute approximate surface area is 132 Å². The van der Waals surface area contributed by atoms with E-state index in [4.69, 9.17) is 23.2 Å². The van der Waals surface area contributed by atoms with Crippen molar-refractivity contribution in [2.45, 2.75) is 18.5 Å². The van der Waals surface area contributed by atoms with Gasteiger partial charge in [-0.1, -0.05) is 30.1 Å². The van der Waals surface area contributed by atoms with Crippen LogP contribution in [0.3, 0.4) is 0 Å². The summed E-state index contributed by atoms with van der Waals surface area (Å²) in [7, 11) is -3.77. The fourth-order valence-corrected chi connectivity index (χ4v) is 3.16. The van der Waals surface area contributed by atoms with Gasteiger partial charge < -0.3 is 5.32 Å². The molecule has 1 aromatic heterocycles. The number of aromatic amines is 1. The van der Waals surface area contributed by atoms with Gasteiger partial charge in [-0.05, 0) is 24.7 Å². The SMILES string of the molecule is CCNCc1cn[nH]c1S(=O)(=O)Nc1ccc(Cl)c(Cl)c1. The number of hydrogen-bond donors (Lipinski definition) is 3. The average Bonchev–Trinajstić information content (AvgIpc) is 2.89. The van der Waals surface area contributed by atoms with Gasteiger partial charge in [0.1, 0.15) is 0 Å². The third kappa shape index (κ3) is 3.88. The van der Waals surface area contributed by atoms with Crippen LogP contribution in [0.4, 0.5) is 5.69 Å². The van der Waals surface area contributed by atoms with Crippen molar-refractivity contribution >= 4 is 38.9 Å². The summed E-state index contributed by atoms with van der Waals surface area (Å²) in [5, 5.41) is 9.99. The molecule has 1 aromatic carbocycles. The third-order valence-corrected chi connectivity index (χ3v) is 4.82. The lowest BCUT2D eigenvalue weighted by molar-refractivity contribution is 0.594. The lowest BCUT2D eigenvalue weighted by Crippen LogP contribution is -2.18. The number of sulfonamides is 1. The molecule has 0 atom stereocenters. The molecule has 0 amide bonds. The van der Waals surface area contributed by atoms with Gasteiger partial charge in [0.05, 0.1) is 21.9 Å². The number of benzene rings is 1. The minimum absolute atomic E-state index is 0.0227. The number of anilines is 1. The summed E-state index contributed by atoms with van der Waals surface area (Å²) in [5.74, 6) is 0. The first-order valence-electron chi connectivity index (χ1n) is 6.15.